The first-order chi connectivity index (χ1) is 8.58. The summed E-state index contributed by atoms with van der Waals surface area (Å²) in [5.41, 5.74) is 5.98. The Kier molecular flexibility index (Phi) is 3.18. The number of hydrogen-bond acceptors (Lipinski definition) is 4. The number of aromatic nitrogens is 2. The zero-order valence-corrected chi connectivity index (χ0v) is 9.67. The molecule has 1 heterocycles. The van der Waals surface area contributed by atoms with E-state index >= 15 is 0 Å². The van der Waals surface area contributed by atoms with Crippen molar-refractivity contribution in [2.75, 3.05) is 17.7 Å². The summed E-state index contributed by atoms with van der Waals surface area (Å²) in [7, 11) is 1.54. The van der Waals surface area contributed by atoms with Crippen molar-refractivity contribution in [3.63, 3.8) is 0 Å². The van der Waals surface area contributed by atoms with Gasteiger partial charge in [0.05, 0.1) is 0 Å². The van der Waals surface area contributed by atoms with Crippen molar-refractivity contribution in [3.05, 3.63) is 47.9 Å². The number of amides is 1. The van der Waals surface area contributed by atoms with Gasteiger partial charge in [-0.15, -0.1) is 10.2 Å². The van der Waals surface area contributed by atoms with Crippen molar-refractivity contribution in [1.82, 2.24) is 10.2 Å². The SMILES string of the molecule is CN(C(=O)c1ccc(N)nn1)c1cccc(F)c1. The van der Waals surface area contributed by atoms with Crippen LogP contribution in [0.15, 0.2) is 36.4 Å². The highest BCUT2D eigenvalue weighted by molar-refractivity contribution is 6.04. The van der Waals surface area contributed by atoms with Crippen LogP contribution >= 0.6 is 0 Å². The van der Waals surface area contributed by atoms with Gasteiger partial charge in [-0.3, -0.25) is 4.79 Å². The Balaban J connectivity index is 2.26. The van der Waals surface area contributed by atoms with Gasteiger partial charge in [0.2, 0.25) is 0 Å². The molecule has 1 amide bonds. The quantitative estimate of drug-likeness (QED) is 0.871. The number of nitrogen functional groups attached to an aromatic ring is 1. The Morgan fingerprint density at radius 2 is 2.06 bits per heavy atom. The fourth-order valence-corrected chi connectivity index (χ4v) is 1.43. The smallest absolute Gasteiger partial charge is 0.278 e. The van der Waals surface area contributed by atoms with Crippen LogP contribution in [0, 0.1) is 5.82 Å². The number of rotatable bonds is 2. The Hall–Kier alpha value is -2.50. The average Bonchev–Trinajstić information content (AvgIpc) is 2.38. The van der Waals surface area contributed by atoms with Crippen LogP contribution in [-0.2, 0) is 0 Å². The highest BCUT2D eigenvalue weighted by Gasteiger charge is 2.15. The molecular formula is C12H11FN4O. The molecule has 1 aromatic heterocycles. The van der Waals surface area contributed by atoms with Crippen LogP contribution in [0.1, 0.15) is 10.5 Å². The number of nitrogens with zero attached hydrogens (tertiary/aromatic N) is 3. The Morgan fingerprint density at radius 1 is 1.28 bits per heavy atom. The number of benzene rings is 1. The van der Waals surface area contributed by atoms with Gasteiger partial charge in [-0.25, -0.2) is 4.39 Å². The van der Waals surface area contributed by atoms with Gasteiger partial charge in [-0.2, -0.15) is 0 Å². The van der Waals surface area contributed by atoms with Crippen molar-refractivity contribution in [3.8, 4) is 0 Å². The van der Waals surface area contributed by atoms with Crippen LogP contribution in [0.25, 0.3) is 0 Å². The molecular weight excluding hydrogens is 235 g/mol. The summed E-state index contributed by atoms with van der Waals surface area (Å²) >= 11 is 0. The summed E-state index contributed by atoms with van der Waals surface area (Å²) in [5.74, 6) is -0.552. The molecule has 6 heteroatoms. The van der Waals surface area contributed by atoms with Gasteiger partial charge in [-0.1, -0.05) is 6.07 Å². The summed E-state index contributed by atoms with van der Waals surface area (Å²) in [5, 5.41) is 7.29. The molecule has 0 aliphatic heterocycles. The minimum atomic E-state index is -0.407. The molecule has 0 fully saturated rings. The standard InChI is InChI=1S/C12H11FN4O/c1-17(9-4-2-3-8(13)7-9)12(18)10-5-6-11(14)16-15-10/h2-7H,1H3,(H2,14,16). The van der Waals surface area contributed by atoms with E-state index in [9.17, 15) is 9.18 Å². The molecule has 5 nitrogen and oxygen atoms in total. The molecule has 0 aliphatic rings. The van der Waals surface area contributed by atoms with E-state index in [1.807, 2.05) is 0 Å². The maximum atomic E-state index is 13.1. The van der Waals surface area contributed by atoms with Crippen LogP contribution < -0.4 is 10.6 Å². The van der Waals surface area contributed by atoms with Gasteiger partial charge in [0.15, 0.2) is 5.69 Å². The van der Waals surface area contributed by atoms with Gasteiger partial charge in [0.25, 0.3) is 5.91 Å². The summed E-state index contributed by atoms with van der Waals surface area (Å²) in [4.78, 5) is 13.3. The second-order valence-electron chi connectivity index (χ2n) is 3.69. The lowest BCUT2D eigenvalue weighted by molar-refractivity contribution is 0.0987. The van der Waals surface area contributed by atoms with E-state index in [-0.39, 0.29) is 17.4 Å². The molecule has 0 bridgehead atoms. The van der Waals surface area contributed by atoms with E-state index in [0.29, 0.717) is 5.69 Å². The monoisotopic (exact) mass is 246 g/mol. The lowest BCUT2D eigenvalue weighted by Gasteiger charge is -2.16. The van der Waals surface area contributed by atoms with Gasteiger partial charge in [0, 0.05) is 12.7 Å². The molecule has 2 aromatic rings. The Morgan fingerprint density at radius 3 is 2.67 bits per heavy atom. The van der Waals surface area contributed by atoms with Crippen LogP contribution in [0.2, 0.25) is 0 Å². The van der Waals surface area contributed by atoms with Gasteiger partial charge in [-0.05, 0) is 30.3 Å². The average molecular weight is 246 g/mol. The highest BCUT2D eigenvalue weighted by atomic mass is 19.1. The second-order valence-corrected chi connectivity index (χ2v) is 3.69. The molecule has 0 unspecified atom stereocenters. The molecule has 0 aliphatic carbocycles. The molecule has 0 saturated carbocycles. The third kappa shape index (κ3) is 2.42. The summed E-state index contributed by atoms with van der Waals surface area (Å²) in [6.07, 6.45) is 0. The van der Waals surface area contributed by atoms with Crippen LogP contribution in [0.3, 0.4) is 0 Å². The van der Waals surface area contributed by atoms with Crippen molar-refractivity contribution in [1.29, 1.82) is 0 Å². The van der Waals surface area contributed by atoms with Crippen LogP contribution in [0.5, 0.6) is 0 Å². The number of carbonyl (C=O) groups excluding carboxylic acids is 1. The summed E-state index contributed by atoms with van der Waals surface area (Å²) in [6.45, 7) is 0. The van der Waals surface area contributed by atoms with Crippen molar-refractivity contribution >= 4 is 17.4 Å². The fraction of sp³-hybridized carbons (Fsp3) is 0.0833. The first-order valence-electron chi connectivity index (χ1n) is 5.21. The predicted molar refractivity (Wildman–Crippen MR) is 65.6 cm³/mol. The van der Waals surface area contributed by atoms with Crippen molar-refractivity contribution < 1.29 is 9.18 Å². The van der Waals surface area contributed by atoms with E-state index in [1.165, 1.54) is 42.3 Å². The number of hydrogen-bond donors (Lipinski definition) is 1. The van der Waals surface area contributed by atoms with E-state index in [2.05, 4.69) is 10.2 Å². The number of nitrogens with two attached hydrogens (primary N) is 1. The molecule has 0 saturated heterocycles. The largest absolute Gasteiger partial charge is 0.382 e. The number of halogens is 1. The fourth-order valence-electron chi connectivity index (χ4n) is 1.43. The lowest BCUT2D eigenvalue weighted by atomic mass is 10.2. The van der Waals surface area contributed by atoms with Gasteiger partial charge < -0.3 is 10.6 Å². The van der Waals surface area contributed by atoms with Crippen LogP contribution in [-0.4, -0.2) is 23.2 Å². The van der Waals surface area contributed by atoms with E-state index in [4.69, 9.17) is 5.73 Å². The normalized spacial score (nSPS) is 10.1. The Labute approximate surface area is 103 Å². The topological polar surface area (TPSA) is 72.1 Å². The first-order valence-corrected chi connectivity index (χ1v) is 5.21. The molecule has 18 heavy (non-hydrogen) atoms. The van der Waals surface area contributed by atoms with Gasteiger partial charge >= 0.3 is 0 Å². The molecule has 2 N–H and O–H groups in total. The summed E-state index contributed by atoms with van der Waals surface area (Å²) in [6, 6.07) is 8.70. The van der Waals surface area contributed by atoms with Crippen molar-refractivity contribution in [2.45, 2.75) is 0 Å². The number of anilines is 2. The minimum absolute atomic E-state index is 0.149. The van der Waals surface area contributed by atoms with Crippen LogP contribution in [0.4, 0.5) is 15.9 Å². The molecule has 1 aromatic carbocycles. The molecule has 92 valence electrons. The molecule has 0 spiro atoms. The third-order valence-corrected chi connectivity index (χ3v) is 2.40. The summed E-state index contributed by atoms with van der Waals surface area (Å²) < 4.78 is 13.1. The zero-order chi connectivity index (χ0) is 13.1. The number of carbonyl (C=O) groups is 1. The van der Waals surface area contributed by atoms with E-state index < -0.39 is 5.82 Å². The highest BCUT2D eigenvalue weighted by Crippen LogP contribution is 2.15. The molecule has 0 radical (unpaired) electrons. The van der Waals surface area contributed by atoms with Gasteiger partial charge in [0.1, 0.15) is 11.6 Å². The molecule has 0 atom stereocenters. The maximum absolute atomic E-state index is 13.1. The minimum Gasteiger partial charge on any atom is -0.382 e. The molecule has 2 rings (SSSR count). The maximum Gasteiger partial charge on any atom is 0.278 e. The third-order valence-electron chi connectivity index (χ3n) is 2.40. The van der Waals surface area contributed by atoms with E-state index in [1.54, 1.807) is 6.07 Å². The second kappa shape index (κ2) is 4.79. The van der Waals surface area contributed by atoms with Crippen molar-refractivity contribution in [2.24, 2.45) is 0 Å². The zero-order valence-electron chi connectivity index (χ0n) is 9.67. The van der Waals surface area contributed by atoms with E-state index in [0.717, 1.165) is 0 Å². The lowest BCUT2D eigenvalue weighted by Crippen LogP contribution is -2.27. The predicted octanol–water partition coefficient (Wildman–Crippen LogP) is 1.47. The Bertz CT molecular complexity index is 571. The first kappa shape index (κ1) is 12.0.